The Bertz CT molecular complexity index is 222. The average Bonchev–Trinajstić information content (AvgIpc) is 2.47. The maximum Gasteiger partial charge on any atom is 0.0514 e. The predicted molar refractivity (Wildman–Crippen MR) is 101 cm³/mol. The Balaban J connectivity index is 3.38. The SMILES string of the molecule is CC(O)CC(CCCCCCCCCCCCCN)CC(C)O. The fourth-order valence-electron chi connectivity index (χ4n) is 3.47. The van der Waals surface area contributed by atoms with Crippen molar-refractivity contribution in [1.29, 1.82) is 0 Å². The third-order valence-corrected chi connectivity index (χ3v) is 4.67. The Hall–Kier alpha value is -0.120. The van der Waals surface area contributed by atoms with Gasteiger partial charge in [-0.15, -0.1) is 0 Å². The Morgan fingerprint density at radius 3 is 1.30 bits per heavy atom. The predicted octanol–water partition coefficient (Wildman–Crippen LogP) is 4.78. The lowest BCUT2D eigenvalue weighted by molar-refractivity contribution is 0.115. The summed E-state index contributed by atoms with van der Waals surface area (Å²) < 4.78 is 0. The van der Waals surface area contributed by atoms with Gasteiger partial charge in [-0.3, -0.25) is 0 Å². The summed E-state index contributed by atoms with van der Waals surface area (Å²) in [6, 6.07) is 0. The van der Waals surface area contributed by atoms with Crippen molar-refractivity contribution in [3.8, 4) is 0 Å². The highest BCUT2D eigenvalue weighted by Gasteiger charge is 2.14. The number of hydrogen-bond acceptors (Lipinski definition) is 3. The van der Waals surface area contributed by atoms with Crippen LogP contribution in [0.15, 0.2) is 0 Å². The molecule has 2 atom stereocenters. The zero-order chi connectivity index (χ0) is 17.3. The molecule has 0 aromatic heterocycles. The van der Waals surface area contributed by atoms with Gasteiger partial charge in [0.2, 0.25) is 0 Å². The Morgan fingerprint density at radius 1 is 0.609 bits per heavy atom. The van der Waals surface area contributed by atoms with Crippen LogP contribution in [0.2, 0.25) is 0 Å². The smallest absolute Gasteiger partial charge is 0.0514 e. The minimum absolute atomic E-state index is 0.247. The van der Waals surface area contributed by atoms with Crippen LogP contribution >= 0.6 is 0 Å². The van der Waals surface area contributed by atoms with Gasteiger partial charge in [0.25, 0.3) is 0 Å². The molecule has 0 aliphatic carbocycles. The summed E-state index contributed by atoms with van der Waals surface area (Å²) in [5.74, 6) is 0.475. The monoisotopic (exact) mass is 329 g/mol. The Kier molecular flexibility index (Phi) is 16.6. The second-order valence-electron chi connectivity index (χ2n) is 7.50. The minimum atomic E-state index is -0.247. The summed E-state index contributed by atoms with van der Waals surface area (Å²) >= 11 is 0. The van der Waals surface area contributed by atoms with E-state index in [1.54, 1.807) is 0 Å². The first-order chi connectivity index (χ1) is 11.1. The molecule has 0 aliphatic rings. The molecule has 23 heavy (non-hydrogen) atoms. The van der Waals surface area contributed by atoms with Crippen LogP contribution in [-0.2, 0) is 0 Å². The van der Waals surface area contributed by atoms with Crippen LogP contribution < -0.4 is 5.73 Å². The number of hydrogen-bond donors (Lipinski definition) is 3. The molecule has 0 spiro atoms. The van der Waals surface area contributed by atoms with Gasteiger partial charge in [-0.05, 0) is 45.6 Å². The highest BCUT2D eigenvalue weighted by Crippen LogP contribution is 2.22. The fourth-order valence-corrected chi connectivity index (χ4v) is 3.47. The number of aliphatic hydroxyl groups is 2. The molecular weight excluding hydrogens is 286 g/mol. The molecule has 0 bridgehead atoms. The molecule has 4 N–H and O–H groups in total. The zero-order valence-corrected chi connectivity index (χ0v) is 15.8. The van der Waals surface area contributed by atoms with Crippen molar-refractivity contribution in [2.75, 3.05) is 6.54 Å². The normalized spacial score (nSPS) is 15.5. The summed E-state index contributed by atoms with van der Waals surface area (Å²) in [5, 5.41) is 19.1. The van der Waals surface area contributed by atoms with Crippen LogP contribution in [0.25, 0.3) is 0 Å². The van der Waals surface area contributed by atoms with Crippen molar-refractivity contribution < 1.29 is 10.2 Å². The highest BCUT2D eigenvalue weighted by molar-refractivity contribution is 4.66. The topological polar surface area (TPSA) is 66.5 Å². The molecule has 3 heteroatoms. The average molecular weight is 330 g/mol. The lowest BCUT2D eigenvalue weighted by Gasteiger charge is -2.19. The van der Waals surface area contributed by atoms with Crippen molar-refractivity contribution >= 4 is 0 Å². The molecule has 0 aliphatic heterocycles. The molecule has 140 valence electrons. The van der Waals surface area contributed by atoms with E-state index in [4.69, 9.17) is 5.73 Å². The fraction of sp³-hybridized carbons (Fsp3) is 1.00. The molecule has 0 saturated carbocycles. The van der Waals surface area contributed by atoms with Crippen molar-refractivity contribution in [3.63, 3.8) is 0 Å². The number of unbranched alkanes of at least 4 members (excludes halogenated alkanes) is 10. The van der Waals surface area contributed by atoms with Crippen molar-refractivity contribution in [2.45, 2.75) is 116 Å². The number of aliphatic hydroxyl groups excluding tert-OH is 2. The van der Waals surface area contributed by atoms with Crippen LogP contribution in [0.4, 0.5) is 0 Å². The summed E-state index contributed by atoms with van der Waals surface area (Å²) in [6.45, 7) is 4.55. The van der Waals surface area contributed by atoms with E-state index in [0.717, 1.165) is 25.8 Å². The third kappa shape index (κ3) is 18.1. The molecule has 0 radical (unpaired) electrons. The van der Waals surface area contributed by atoms with E-state index in [-0.39, 0.29) is 12.2 Å². The second kappa shape index (κ2) is 16.7. The van der Waals surface area contributed by atoms with E-state index in [1.165, 1.54) is 70.6 Å². The van der Waals surface area contributed by atoms with Gasteiger partial charge >= 0.3 is 0 Å². The summed E-state index contributed by atoms with van der Waals surface area (Å²) in [7, 11) is 0. The minimum Gasteiger partial charge on any atom is -0.393 e. The van der Waals surface area contributed by atoms with Crippen molar-refractivity contribution in [3.05, 3.63) is 0 Å². The highest BCUT2D eigenvalue weighted by atomic mass is 16.3. The molecule has 0 amide bonds. The summed E-state index contributed by atoms with van der Waals surface area (Å²) in [4.78, 5) is 0. The van der Waals surface area contributed by atoms with E-state index in [2.05, 4.69) is 0 Å². The van der Waals surface area contributed by atoms with E-state index < -0.39 is 0 Å². The van der Waals surface area contributed by atoms with Gasteiger partial charge in [-0.2, -0.15) is 0 Å². The molecule has 0 heterocycles. The summed E-state index contributed by atoms with van der Waals surface area (Å²) in [6.07, 6.45) is 16.9. The van der Waals surface area contributed by atoms with E-state index in [9.17, 15) is 10.2 Å². The van der Waals surface area contributed by atoms with Gasteiger partial charge in [0.05, 0.1) is 12.2 Å². The molecule has 0 rings (SSSR count). The first-order valence-electron chi connectivity index (χ1n) is 10.1. The van der Waals surface area contributed by atoms with Gasteiger partial charge in [0.1, 0.15) is 0 Å². The van der Waals surface area contributed by atoms with E-state index in [0.29, 0.717) is 5.92 Å². The van der Waals surface area contributed by atoms with Crippen molar-refractivity contribution in [1.82, 2.24) is 0 Å². The van der Waals surface area contributed by atoms with Crippen LogP contribution in [0.5, 0.6) is 0 Å². The molecule has 0 aromatic carbocycles. The van der Waals surface area contributed by atoms with Gasteiger partial charge in [-0.25, -0.2) is 0 Å². The molecule has 0 aromatic rings. The van der Waals surface area contributed by atoms with Gasteiger partial charge in [0.15, 0.2) is 0 Å². The molecular formula is C20H43NO2. The molecule has 0 fully saturated rings. The maximum atomic E-state index is 9.54. The van der Waals surface area contributed by atoms with Crippen LogP contribution in [0, 0.1) is 5.92 Å². The maximum absolute atomic E-state index is 9.54. The molecule has 2 unspecified atom stereocenters. The zero-order valence-electron chi connectivity index (χ0n) is 15.8. The number of rotatable bonds is 17. The first-order valence-corrected chi connectivity index (χ1v) is 10.1. The van der Waals surface area contributed by atoms with Crippen LogP contribution in [-0.4, -0.2) is 29.0 Å². The second-order valence-corrected chi connectivity index (χ2v) is 7.50. The Labute approximate surface area is 145 Å². The summed E-state index contributed by atoms with van der Waals surface area (Å²) in [5.41, 5.74) is 5.49. The first kappa shape index (κ1) is 22.9. The van der Waals surface area contributed by atoms with E-state index >= 15 is 0 Å². The van der Waals surface area contributed by atoms with Gasteiger partial charge < -0.3 is 15.9 Å². The molecule has 3 nitrogen and oxygen atoms in total. The van der Waals surface area contributed by atoms with Gasteiger partial charge in [0, 0.05) is 0 Å². The largest absolute Gasteiger partial charge is 0.393 e. The lowest BCUT2D eigenvalue weighted by Crippen LogP contribution is -2.15. The van der Waals surface area contributed by atoms with E-state index in [1.807, 2.05) is 13.8 Å². The lowest BCUT2D eigenvalue weighted by atomic mass is 9.90. The standard InChI is InChI=1S/C20H43NO2/c1-18(22)16-20(17-19(2)23)14-12-10-8-6-4-3-5-7-9-11-13-15-21/h18-20,22-23H,3-17,21H2,1-2H3. The number of nitrogens with two attached hydrogens (primary N) is 1. The van der Waals surface area contributed by atoms with Crippen LogP contribution in [0.3, 0.4) is 0 Å². The molecule has 0 saturated heterocycles. The third-order valence-electron chi connectivity index (χ3n) is 4.67. The van der Waals surface area contributed by atoms with Crippen LogP contribution in [0.1, 0.15) is 104 Å². The van der Waals surface area contributed by atoms with Gasteiger partial charge in [-0.1, -0.05) is 70.6 Å². The quantitative estimate of drug-likeness (QED) is 0.336. The van der Waals surface area contributed by atoms with Crippen molar-refractivity contribution in [2.24, 2.45) is 11.7 Å². The Morgan fingerprint density at radius 2 is 0.957 bits per heavy atom.